The molecule has 0 aliphatic carbocycles. The standard InChI is InChI=1S/C32H21F5N3P/c1-40-24(18-23-27(33)29(35)31(37)30(36)28(23)34)32(38-39-40)26-22-15-9-8-10-19(22)16-17-25(26)41(20-11-4-2-5-12-20)21-13-6-3-7-14-21/h2-17H,18H2,1H3. The van der Waals surface area contributed by atoms with Crippen LogP contribution >= 0.6 is 7.92 Å². The van der Waals surface area contributed by atoms with Gasteiger partial charge in [0, 0.05) is 24.6 Å². The molecule has 0 amide bonds. The van der Waals surface area contributed by atoms with Crippen LogP contribution in [-0.2, 0) is 13.5 Å². The second-order valence-electron chi connectivity index (χ2n) is 9.42. The first kappa shape index (κ1) is 26.8. The quantitative estimate of drug-likeness (QED) is 0.0964. The number of hydrogen-bond donors (Lipinski definition) is 0. The summed E-state index contributed by atoms with van der Waals surface area (Å²) in [6.07, 6.45) is -0.609. The maximum Gasteiger partial charge on any atom is 0.200 e. The Morgan fingerprint density at radius 1 is 0.634 bits per heavy atom. The van der Waals surface area contributed by atoms with Crippen LogP contribution in [0.25, 0.3) is 22.0 Å². The van der Waals surface area contributed by atoms with Crippen LogP contribution in [0.3, 0.4) is 0 Å². The second-order valence-corrected chi connectivity index (χ2v) is 11.6. The van der Waals surface area contributed by atoms with Crippen molar-refractivity contribution in [2.45, 2.75) is 6.42 Å². The van der Waals surface area contributed by atoms with Crippen molar-refractivity contribution in [2.24, 2.45) is 7.05 Å². The number of fused-ring (bicyclic) bond motifs is 1. The van der Waals surface area contributed by atoms with Gasteiger partial charge in [-0.1, -0.05) is 102 Å². The summed E-state index contributed by atoms with van der Waals surface area (Å²) in [5.74, 6) is -9.92. The summed E-state index contributed by atoms with van der Waals surface area (Å²) in [4.78, 5) is 0. The Bertz CT molecular complexity index is 1820. The second kappa shape index (κ2) is 10.9. The van der Waals surface area contributed by atoms with Gasteiger partial charge in [-0.2, -0.15) is 0 Å². The number of aryl methyl sites for hydroxylation is 1. The third-order valence-corrected chi connectivity index (χ3v) is 9.48. The van der Waals surface area contributed by atoms with Crippen LogP contribution in [0.15, 0.2) is 97.1 Å². The molecule has 0 atom stereocenters. The molecule has 6 rings (SSSR count). The number of halogens is 5. The summed E-state index contributed by atoms with van der Waals surface area (Å²) in [5, 5.41) is 13.3. The van der Waals surface area contributed by atoms with Crippen molar-refractivity contribution in [1.82, 2.24) is 15.0 Å². The molecule has 0 unspecified atom stereocenters. The van der Waals surface area contributed by atoms with E-state index in [9.17, 15) is 22.0 Å². The lowest BCUT2D eigenvalue weighted by Gasteiger charge is -2.23. The molecule has 1 aromatic heterocycles. The number of nitrogens with zero attached hydrogens (tertiary/aromatic N) is 3. The van der Waals surface area contributed by atoms with E-state index >= 15 is 0 Å². The SMILES string of the molecule is Cn1nnc(-c2c(P(c3ccccc3)c3ccccc3)ccc3ccccc23)c1Cc1c(F)c(F)c(F)c(F)c1F. The predicted molar refractivity (Wildman–Crippen MR) is 152 cm³/mol. The Balaban J connectivity index is 1.63. The first-order chi connectivity index (χ1) is 19.9. The van der Waals surface area contributed by atoms with Gasteiger partial charge >= 0.3 is 0 Å². The van der Waals surface area contributed by atoms with Gasteiger partial charge in [0.25, 0.3) is 0 Å². The highest BCUT2D eigenvalue weighted by molar-refractivity contribution is 7.80. The molecule has 5 aromatic carbocycles. The average Bonchev–Trinajstić information content (AvgIpc) is 3.37. The molecule has 0 radical (unpaired) electrons. The van der Waals surface area contributed by atoms with Crippen LogP contribution in [0.4, 0.5) is 22.0 Å². The lowest BCUT2D eigenvalue weighted by Crippen LogP contribution is -2.22. The summed E-state index contributed by atoms with van der Waals surface area (Å²) in [5.41, 5.74) is 0.265. The third kappa shape index (κ3) is 4.68. The Kier molecular flexibility index (Phi) is 7.10. The summed E-state index contributed by atoms with van der Waals surface area (Å²) < 4.78 is 72.9. The zero-order chi connectivity index (χ0) is 28.7. The van der Waals surface area contributed by atoms with Gasteiger partial charge in [-0.25, -0.2) is 22.0 Å². The molecule has 0 bridgehead atoms. The van der Waals surface area contributed by atoms with E-state index in [4.69, 9.17) is 0 Å². The monoisotopic (exact) mass is 573 g/mol. The molecule has 0 aliphatic heterocycles. The van der Waals surface area contributed by atoms with Crippen molar-refractivity contribution in [3.8, 4) is 11.3 Å². The predicted octanol–water partition coefficient (Wildman–Crippen LogP) is 6.68. The van der Waals surface area contributed by atoms with Gasteiger partial charge in [-0.15, -0.1) is 5.10 Å². The van der Waals surface area contributed by atoms with Crippen LogP contribution in [0.1, 0.15) is 11.3 Å². The molecular formula is C32H21F5N3P. The summed E-state index contributed by atoms with van der Waals surface area (Å²) in [7, 11) is 0.380. The van der Waals surface area contributed by atoms with E-state index in [2.05, 4.69) is 10.3 Å². The number of rotatable bonds is 6. The van der Waals surface area contributed by atoms with E-state index in [1.165, 1.54) is 11.7 Å². The van der Waals surface area contributed by atoms with Crippen LogP contribution in [0.2, 0.25) is 0 Å². The summed E-state index contributed by atoms with van der Waals surface area (Å²) >= 11 is 0. The van der Waals surface area contributed by atoms with Gasteiger partial charge in [0.15, 0.2) is 23.3 Å². The van der Waals surface area contributed by atoms with E-state index in [0.29, 0.717) is 11.3 Å². The largest absolute Gasteiger partial charge is 0.251 e. The molecule has 0 fully saturated rings. The molecule has 6 aromatic rings. The minimum Gasteiger partial charge on any atom is -0.251 e. The smallest absolute Gasteiger partial charge is 0.200 e. The van der Waals surface area contributed by atoms with Crippen molar-refractivity contribution in [3.63, 3.8) is 0 Å². The minimum atomic E-state index is -2.19. The maximum atomic E-state index is 14.8. The highest BCUT2D eigenvalue weighted by Crippen LogP contribution is 2.41. The molecule has 0 saturated heterocycles. The van der Waals surface area contributed by atoms with Gasteiger partial charge in [0.05, 0.1) is 5.69 Å². The molecule has 0 N–H and O–H groups in total. The Morgan fingerprint density at radius 3 is 1.78 bits per heavy atom. The molecule has 3 nitrogen and oxygen atoms in total. The zero-order valence-electron chi connectivity index (χ0n) is 21.6. The highest BCUT2D eigenvalue weighted by Gasteiger charge is 2.30. The van der Waals surface area contributed by atoms with Crippen molar-refractivity contribution in [1.29, 1.82) is 0 Å². The van der Waals surface area contributed by atoms with Crippen LogP contribution in [0.5, 0.6) is 0 Å². The fourth-order valence-corrected chi connectivity index (χ4v) is 7.49. The Labute approximate surface area is 233 Å². The average molecular weight is 574 g/mol. The van der Waals surface area contributed by atoms with Gasteiger partial charge in [0.1, 0.15) is 5.69 Å². The number of hydrogen-bond acceptors (Lipinski definition) is 2. The fraction of sp³-hybridized carbons (Fsp3) is 0.0625. The van der Waals surface area contributed by atoms with Crippen molar-refractivity contribution in [3.05, 3.63) is 137 Å². The zero-order valence-corrected chi connectivity index (χ0v) is 22.5. The van der Waals surface area contributed by atoms with Gasteiger partial charge < -0.3 is 0 Å². The van der Waals surface area contributed by atoms with Gasteiger partial charge in [-0.05, 0) is 34.6 Å². The fourth-order valence-electron chi connectivity index (χ4n) is 5.02. The van der Waals surface area contributed by atoms with E-state index < -0.39 is 49.0 Å². The normalized spacial score (nSPS) is 11.5. The van der Waals surface area contributed by atoms with E-state index in [1.807, 2.05) is 97.1 Å². The van der Waals surface area contributed by atoms with Crippen LogP contribution in [0, 0.1) is 29.1 Å². The third-order valence-electron chi connectivity index (χ3n) is 7.00. The van der Waals surface area contributed by atoms with Crippen molar-refractivity contribution < 1.29 is 22.0 Å². The van der Waals surface area contributed by atoms with Gasteiger partial charge in [-0.3, -0.25) is 4.68 Å². The Morgan fingerprint density at radius 2 is 1.17 bits per heavy atom. The molecule has 0 spiro atoms. The van der Waals surface area contributed by atoms with Crippen LogP contribution in [-0.4, -0.2) is 15.0 Å². The Hall–Kier alpha value is -4.42. The molecule has 9 heteroatoms. The first-order valence-corrected chi connectivity index (χ1v) is 14.0. The van der Waals surface area contributed by atoms with E-state index in [1.54, 1.807) is 0 Å². The number of aromatic nitrogens is 3. The molecule has 204 valence electrons. The molecule has 41 heavy (non-hydrogen) atoms. The topological polar surface area (TPSA) is 30.7 Å². The molecule has 0 saturated carbocycles. The first-order valence-electron chi connectivity index (χ1n) is 12.7. The number of benzene rings is 5. The van der Waals surface area contributed by atoms with E-state index in [0.717, 1.165) is 26.7 Å². The van der Waals surface area contributed by atoms with Crippen molar-refractivity contribution in [2.75, 3.05) is 0 Å². The molecule has 1 heterocycles. The van der Waals surface area contributed by atoms with E-state index in [-0.39, 0.29) is 5.69 Å². The summed E-state index contributed by atoms with van der Waals surface area (Å²) in [6.45, 7) is 0. The summed E-state index contributed by atoms with van der Waals surface area (Å²) in [6, 6.07) is 31.6. The van der Waals surface area contributed by atoms with Gasteiger partial charge in [0.2, 0.25) is 5.82 Å². The molecular weight excluding hydrogens is 552 g/mol. The van der Waals surface area contributed by atoms with Crippen LogP contribution < -0.4 is 15.9 Å². The lowest BCUT2D eigenvalue weighted by atomic mass is 9.98. The van der Waals surface area contributed by atoms with Crippen molar-refractivity contribution >= 4 is 34.6 Å². The lowest BCUT2D eigenvalue weighted by molar-refractivity contribution is 0.371. The minimum absolute atomic E-state index is 0.210. The highest BCUT2D eigenvalue weighted by atomic mass is 31.1. The maximum absolute atomic E-state index is 14.8. The molecule has 0 aliphatic rings.